The smallest absolute Gasteiger partial charge is 0.213 e. The molecular weight excluding hydrogens is 376 g/mol. The Bertz CT molecular complexity index is 1130. The summed E-state index contributed by atoms with van der Waals surface area (Å²) >= 11 is 0. The van der Waals surface area contributed by atoms with Crippen LogP contribution in [0.1, 0.15) is 26.2 Å². The maximum Gasteiger partial charge on any atom is 0.213 e. The largest absolute Gasteiger partial charge is 0.346 e. The Balaban J connectivity index is 1.66. The lowest BCUT2D eigenvalue weighted by Gasteiger charge is -2.41. The van der Waals surface area contributed by atoms with Gasteiger partial charge in [-0.2, -0.15) is 5.26 Å². The normalized spacial score (nSPS) is 17.6. The lowest BCUT2D eigenvalue weighted by molar-refractivity contribution is 0.163. The van der Waals surface area contributed by atoms with Crippen molar-refractivity contribution in [2.45, 2.75) is 31.7 Å². The summed E-state index contributed by atoms with van der Waals surface area (Å²) in [5.41, 5.74) is 2.16. The van der Waals surface area contributed by atoms with Gasteiger partial charge in [-0.3, -0.25) is 0 Å². The summed E-state index contributed by atoms with van der Waals surface area (Å²) in [5.74, 6) is 0.103. The number of nitrogens with one attached hydrogen (secondary N) is 1. The number of nitrogens with zero attached hydrogens (tertiary/aromatic N) is 5. The molecule has 8 nitrogen and oxygen atoms in total. The van der Waals surface area contributed by atoms with Gasteiger partial charge in [-0.1, -0.05) is 0 Å². The lowest BCUT2D eigenvalue weighted by Crippen LogP contribution is -2.48. The van der Waals surface area contributed by atoms with Crippen molar-refractivity contribution in [3.8, 4) is 17.3 Å². The van der Waals surface area contributed by atoms with Crippen LogP contribution < -0.4 is 0 Å². The van der Waals surface area contributed by atoms with Gasteiger partial charge in [0.2, 0.25) is 10.0 Å². The average molecular weight is 398 g/mol. The van der Waals surface area contributed by atoms with E-state index in [0.717, 1.165) is 22.3 Å². The van der Waals surface area contributed by atoms with Crippen LogP contribution in [0.15, 0.2) is 37.1 Å². The van der Waals surface area contributed by atoms with E-state index in [2.05, 4.69) is 25.6 Å². The van der Waals surface area contributed by atoms with Crippen LogP contribution in [-0.2, 0) is 15.6 Å². The van der Waals surface area contributed by atoms with Gasteiger partial charge in [0, 0.05) is 42.6 Å². The molecule has 0 aromatic carbocycles. The molecule has 0 unspecified atom stereocenters. The summed E-state index contributed by atoms with van der Waals surface area (Å²) in [7, 11) is -3.20. The van der Waals surface area contributed by atoms with Gasteiger partial charge in [0.15, 0.2) is 0 Å². The molecule has 1 aliphatic heterocycles. The molecule has 4 heterocycles. The summed E-state index contributed by atoms with van der Waals surface area (Å²) in [6, 6.07) is 6.23. The van der Waals surface area contributed by atoms with E-state index in [0.29, 0.717) is 32.4 Å². The second kappa shape index (κ2) is 7.04. The topological polar surface area (TPSA) is 108 Å². The van der Waals surface area contributed by atoms with Crippen molar-refractivity contribution < 1.29 is 8.42 Å². The zero-order valence-electron chi connectivity index (χ0n) is 15.7. The van der Waals surface area contributed by atoms with Crippen LogP contribution in [0.25, 0.3) is 22.3 Å². The predicted octanol–water partition coefficient (Wildman–Crippen LogP) is 2.48. The molecule has 1 saturated heterocycles. The molecule has 0 spiro atoms. The van der Waals surface area contributed by atoms with E-state index in [-0.39, 0.29) is 5.75 Å². The molecule has 1 N–H and O–H groups in total. The lowest BCUT2D eigenvalue weighted by atomic mass is 9.85. The molecule has 1 aliphatic rings. The third-order valence-electron chi connectivity index (χ3n) is 5.69. The van der Waals surface area contributed by atoms with Crippen LogP contribution in [0.4, 0.5) is 0 Å². The minimum atomic E-state index is -3.20. The average Bonchev–Trinajstić information content (AvgIpc) is 3.38. The van der Waals surface area contributed by atoms with Crippen LogP contribution in [0, 0.1) is 11.3 Å². The van der Waals surface area contributed by atoms with Crippen molar-refractivity contribution in [1.82, 2.24) is 23.8 Å². The van der Waals surface area contributed by atoms with Crippen LogP contribution in [0.3, 0.4) is 0 Å². The van der Waals surface area contributed by atoms with Crippen molar-refractivity contribution >= 4 is 21.1 Å². The van der Waals surface area contributed by atoms with E-state index in [1.165, 1.54) is 6.33 Å². The van der Waals surface area contributed by atoms with Crippen molar-refractivity contribution in [3.05, 3.63) is 37.1 Å². The Morgan fingerprint density at radius 3 is 2.79 bits per heavy atom. The molecule has 0 radical (unpaired) electrons. The van der Waals surface area contributed by atoms with Gasteiger partial charge in [-0.25, -0.2) is 22.7 Å². The monoisotopic (exact) mass is 398 g/mol. The van der Waals surface area contributed by atoms with Gasteiger partial charge < -0.3 is 9.55 Å². The number of piperidine rings is 1. The first-order valence-corrected chi connectivity index (χ1v) is 10.9. The fourth-order valence-corrected chi connectivity index (χ4v) is 5.07. The maximum atomic E-state index is 12.2. The zero-order valence-corrected chi connectivity index (χ0v) is 16.5. The van der Waals surface area contributed by atoms with Gasteiger partial charge >= 0.3 is 0 Å². The van der Waals surface area contributed by atoms with E-state index < -0.39 is 15.6 Å². The summed E-state index contributed by atoms with van der Waals surface area (Å²) in [5, 5.41) is 10.4. The van der Waals surface area contributed by atoms with Gasteiger partial charge in [0.25, 0.3) is 0 Å². The van der Waals surface area contributed by atoms with Crippen molar-refractivity contribution in [2.75, 3.05) is 18.8 Å². The van der Waals surface area contributed by atoms with Gasteiger partial charge in [-0.15, -0.1) is 0 Å². The molecule has 3 aromatic heterocycles. The molecule has 4 rings (SSSR count). The highest BCUT2D eigenvalue weighted by atomic mass is 32.2. The molecule has 0 saturated carbocycles. The van der Waals surface area contributed by atoms with Crippen LogP contribution in [0.2, 0.25) is 0 Å². The Morgan fingerprint density at radius 2 is 2.07 bits per heavy atom. The van der Waals surface area contributed by atoms with E-state index in [4.69, 9.17) is 0 Å². The number of hydrogen-bond donors (Lipinski definition) is 1. The van der Waals surface area contributed by atoms with Gasteiger partial charge in [0.1, 0.15) is 12.0 Å². The van der Waals surface area contributed by atoms with Crippen LogP contribution >= 0.6 is 0 Å². The second-order valence-electron chi connectivity index (χ2n) is 7.13. The quantitative estimate of drug-likeness (QED) is 0.710. The highest BCUT2D eigenvalue weighted by Gasteiger charge is 2.38. The summed E-state index contributed by atoms with van der Waals surface area (Å²) in [6.07, 6.45) is 8.90. The predicted molar refractivity (Wildman–Crippen MR) is 106 cm³/mol. The van der Waals surface area contributed by atoms with Crippen molar-refractivity contribution in [2.24, 2.45) is 0 Å². The van der Waals surface area contributed by atoms with E-state index in [1.54, 1.807) is 11.2 Å². The fraction of sp³-hybridized carbons (Fsp3) is 0.421. The van der Waals surface area contributed by atoms with E-state index in [1.807, 2.05) is 30.7 Å². The molecule has 9 heteroatoms. The Morgan fingerprint density at radius 1 is 1.29 bits per heavy atom. The molecule has 0 bridgehead atoms. The van der Waals surface area contributed by atoms with Gasteiger partial charge in [-0.05, 0) is 31.9 Å². The number of nitriles is 1. The second-order valence-corrected chi connectivity index (χ2v) is 9.39. The number of aromatic nitrogens is 4. The highest BCUT2D eigenvalue weighted by molar-refractivity contribution is 7.89. The molecule has 0 atom stereocenters. The standard InChI is InChI=1S/C19H22N6O2S/c1-2-28(26,27)25-11-6-19(5-8-20,7-12-25)24-10-4-15(13-24)17-16-3-9-21-18(16)23-14-22-17/h3-4,9-10,13-14H,2,5-7,11-12H2,1H3,(H,21,22,23). The van der Waals surface area contributed by atoms with E-state index >= 15 is 0 Å². The molecule has 0 amide bonds. The number of rotatable bonds is 5. The molecule has 28 heavy (non-hydrogen) atoms. The Kier molecular flexibility index (Phi) is 4.69. The van der Waals surface area contributed by atoms with E-state index in [9.17, 15) is 13.7 Å². The van der Waals surface area contributed by atoms with Gasteiger partial charge in [0.05, 0.1) is 29.5 Å². The summed E-state index contributed by atoms with van der Waals surface area (Å²) in [4.78, 5) is 11.8. The minimum absolute atomic E-state index is 0.103. The molecule has 3 aromatic rings. The number of aromatic amines is 1. The first-order valence-electron chi connectivity index (χ1n) is 9.31. The SMILES string of the molecule is CCS(=O)(=O)N1CCC(CC#N)(n2ccc(-c3ncnc4[nH]ccc34)c2)CC1. The summed E-state index contributed by atoms with van der Waals surface area (Å²) in [6.45, 7) is 2.52. The summed E-state index contributed by atoms with van der Waals surface area (Å²) < 4.78 is 28.0. The third-order valence-corrected chi connectivity index (χ3v) is 7.57. The first-order chi connectivity index (χ1) is 13.5. The van der Waals surface area contributed by atoms with Crippen LogP contribution in [-0.4, -0.2) is 51.1 Å². The first kappa shape index (κ1) is 18.7. The Hall–Kier alpha value is -2.70. The minimum Gasteiger partial charge on any atom is -0.346 e. The van der Waals surface area contributed by atoms with Crippen LogP contribution in [0.5, 0.6) is 0 Å². The van der Waals surface area contributed by atoms with Crippen molar-refractivity contribution in [1.29, 1.82) is 5.26 Å². The number of hydrogen-bond acceptors (Lipinski definition) is 5. The number of fused-ring (bicyclic) bond motifs is 1. The van der Waals surface area contributed by atoms with Crippen molar-refractivity contribution in [3.63, 3.8) is 0 Å². The Labute approximate surface area is 163 Å². The molecular formula is C19H22N6O2S. The third kappa shape index (κ3) is 3.08. The fourth-order valence-electron chi connectivity index (χ4n) is 3.97. The molecule has 1 fully saturated rings. The molecule has 0 aliphatic carbocycles. The number of H-pyrrole nitrogens is 1. The molecule has 146 valence electrons. The highest BCUT2D eigenvalue weighted by Crippen LogP contribution is 2.36. The maximum absolute atomic E-state index is 12.2. The number of sulfonamides is 1. The zero-order chi connectivity index (χ0) is 19.8.